The predicted molar refractivity (Wildman–Crippen MR) is 79.7 cm³/mol. The monoisotopic (exact) mass is 361 g/mol. The molecule has 0 aromatic heterocycles. The van der Waals surface area contributed by atoms with Crippen molar-refractivity contribution in [1.29, 1.82) is 0 Å². The molecule has 6 heteroatoms. The van der Waals surface area contributed by atoms with E-state index in [9.17, 15) is 10.1 Å². The number of halogens is 1. The third-order valence-corrected chi connectivity index (χ3v) is 4.22. The number of nitro groups is 1. The van der Waals surface area contributed by atoms with Crippen molar-refractivity contribution in [3.05, 3.63) is 31.9 Å². The zero-order chi connectivity index (χ0) is 13.1. The molecule has 1 aliphatic carbocycles. The molecule has 1 fully saturated rings. The quantitative estimate of drug-likeness (QED) is 0.493. The predicted octanol–water partition coefficient (Wildman–Crippen LogP) is 2.88. The van der Waals surface area contributed by atoms with Crippen LogP contribution in [0.4, 0.5) is 11.4 Å². The first-order valence-electron chi connectivity index (χ1n) is 6.04. The van der Waals surface area contributed by atoms with Crippen molar-refractivity contribution in [3.63, 3.8) is 0 Å². The highest BCUT2D eigenvalue weighted by Gasteiger charge is 2.22. The lowest BCUT2D eigenvalue weighted by Crippen LogP contribution is -2.42. The molecule has 2 atom stereocenters. The Labute approximate surface area is 119 Å². The summed E-state index contributed by atoms with van der Waals surface area (Å²) in [7, 11) is 0. The first-order valence-corrected chi connectivity index (χ1v) is 7.12. The number of nitrogens with one attached hydrogen (secondary N) is 1. The second-order valence-electron chi connectivity index (χ2n) is 4.62. The van der Waals surface area contributed by atoms with Crippen molar-refractivity contribution in [2.75, 3.05) is 5.32 Å². The minimum atomic E-state index is -0.377. The summed E-state index contributed by atoms with van der Waals surface area (Å²) >= 11 is 2.11. The van der Waals surface area contributed by atoms with Crippen LogP contribution in [-0.4, -0.2) is 17.0 Å². The molecule has 1 aromatic carbocycles. The molecule has 0 radical (unpaired) electrons. The van der Waals surface area contributed by atoms with Gasteiger partial charge in [0.05, 0.1) is 4.92 Å². The molecule has 0 heterocycles. The van der Waals surface area contributed by atoms with Gasteiger partial charge in [0, 0.05) is 33.5 Å². The van der Waals surface area contributed by atoms with Crippen LogP contribution in [0.3, 0.4) is 0 Å². The maximum atomic E-state index is 10.7. The van der Waals surface area contributed by atoms with Crippen molar-refractivity contribution in [2.45, 2.75) is 37.8 Å². The highest BCUT2D eigenvalue weighted by atomic mass is 127. The van der Waals surface area contributed by atoms with E-state index in [1.54, 1.807) is 12.1 Å². The van der Waals surface area contributed by atoms with Crippen LogP contribution in [0.1, 0.15) is 25.7 Å². The Morgan fingerprint density at radius 3 is 2.72 bits per heavy atom. The third-order valence-electron chi connectivity index (χ3n) is 3.32. The van der Waals surface area contributed by atoms with Crippen LogP contribution >= 0.6 is 22.6 Å². The SMILES string of the molecule is NC1CCCCC1Nc1ccc([N+](=O)[O-])cc1I. The van der Waals surface area contributed by atoms with Crippen LogP contribution in [0.15, 0.2) is 18.2 Å². The number of rotatable bonds is 3. The van der Waals surface area contributed by atoms with E-state index < -0.39 is 0 Å². The summed E-state index contributed by atoms with van der Waals surface area (Å²) < 4.78 is 0.861. The number of nitrogens with two attached hydrogens (primary N) is 1. The Balaban J connectivity index is 2.11. The molecular weight excluding hydrogens is 345 g/mol. The standard InChI is InChI=1S/C12H16IN3O2/c13-9-7-8(16(17)18)5-6-11(9)15-12-4-2-1-3-10(12)14/h5-7,10,12,15H,1-4,14H2. The molecule has 0 aliphatic heterocycles. The van der Waals surface area contributed by atoms with Gasteiger partial charge in [0.1, 0.15) is 0 Å². The number of non-ortho nitro benzene ring substituents is 1. The summed E-state index contributed by atoms with van der Waals surface area (Å²) in [4.78, 5) is 10.3. The molecule has 18 heavy (non-hydrogen) atoms. The van der Waals surface area contributed by atoms with Crippen LogP contribution in [0, 0.1) is 13.7 Å². The zero-order valence-electron chi connectivity index (χ0n) is 9.93. The second kappa shape index (κ2) is 5.83. The molecule has 1 aromatic rings. The molecule has 98 valence electrons. The van der Waals surface area contributed by atoms with E-state index in [1.807, 2.05) is 0 Å². The van der Waals surface area contributed by atoms with Gasteiger partial charge in [0.2, 0.25) is 0 Å². The highest BCUT2D eigenvalue weighted by Crippen LogP contribution is 2.27. The lowest BCUT2D eigenvalue weighted by Gasteiger charge is -2.30. The normalized spacial score (nSPS) is 23.7. The van der Waals surface area contributed by atoms with E-state index in [2.05, 4.69) is 27.9 Å². The van der Waals surface area contributed by atoms with Gasteiger partial charge < -0.3 is 11.1 Å². The van der Waals surface area contributed by atoms with Crippen LogP contribution in [-0.2, 0) is 0 Å². The molecule has 0 amide bonds. The van der Waals surface area contributed by atoms with Crippen molar-refractivity contribution < 1.29 is 4.92 Å². The largest absolute Gasteiger partial charge is 0.380 e. The number of hydrogen-bond donors (Lipinski definition) is 2. The minimum Gasteiger partial charge on any atom is -0.380 e. The Morgan fingerprint density at radius 2 is 2.11 bits per heavy atom. The van der Waals surface area contributed by atoms with Crippen LogP contribution in [0.2, 0.25) is 0 Å². The lowest BCUT2D eigenvalue weighted by atomic mass is 9.91. The fraction of sp³-hybridized carbons (Fsp3) is 0.500. The van der Waals surface area contributed by atoms with E-state index >= 15 is 0 Å². The summed E-state index contributed by atoms with van der Waals surface area (Å²) in [5, 5.41) is 14.1. The second-order valence-corrected chi connectivity index (χ2v) is 5.78. The van der Waals surface area contributed by atoms with Gasteiger partial charge in [-0.15, -0.1) is 0 Å². The Hall–Kier alpha value is -0.890. The molecule has 2 unspecified atom stereocenters. The topological polar surface area (TPSA) is 81.2 Å². The average Bonchev–Trinajstić information content (AvgIpc) is 2.34. The Kier molecular flexibility index (Phi) is 4.39. The van der Waals surface area contributed by atoms with E-state index in [4.69, 9.17) is 5.73 Å². The van der Waals surface area contributed by atoms with Crippen molar-refractivity contribution >= 4 is 34.0 Å². The first kappa shape index (κ1) is 13.5. The molecule has 3 N–H and O–H groups in total. The number of nitrogens with zero attached hydrogens (tertiary/aromatic N) is 1. The van der Waals surface area contributed by atoms with Crippen LogP contribution in [0.25, 0.3) is 0 Å². The van der Waals surface area contributed by atoms with Gasteiger partial charge >= 0.3 is 0 Å². The van der Waals surface area contributed by atoms with E-state index in [-0.39, 0.29) is 22.7 Å². The van der Waals surface area contributed by atoms with Gasteiger partial charge in [-0.1, -0.05) is 12.8 Å². The summed E-state index contributed by atoms with van der Waals surface area (Å²) in [6.45, 7) is 0. The Morgan fingerprint density at radius 1 is 1.39 bits per heavy atom. The minimum absolute atomic E-state index is 0.123. The highest BCUT2D eigenvalue weighted by molar-refractivity contribution is 14.1. The first-order chi connectivity index (χ1) is 8.58. The van der Waals surface area contributed by atoms with Gasteiger partial charge in [-0.25, -0.2) is 0 Å². The van der Waals surface area contributed by atoms with E-state index in [1.165, 1.54) is 18.9 Å². The third kappa shape index (κ3) is 3.11. The average molecular weight is 361 g/mol. The number of nitro benzene ring substituents is 1. The van der Waals surface area contributed by atoms with Crippen molar-refractivity contribution in [2.24, 2.45) is 5.73 Å². The van der Waals surface area contributed by atoms with E-state index in [0.29, 0.717) is 0 Å². The Bertz CT molecular complexity index is 453. The summed E-state index contributed by atoms with van der Waals surface area (Å²) in [5.74, 6) is 0. The summed E-state index contributed by atoms with van der Waals surface area (Å²) in [5.41, 5.74) is 7.14. The molecule has 2 rings (SSSR count). The van der Waals surface area contributed by atoms with Crippen LogP contribution < -0.4 is 11.1 Å². The van der Waals surface area contributed by atoms with Gasteiger partial charge in [-0.2, -0.15) is 0 Å². The molecule has 1 saturated carbocycles. The smallest absolute Gasteiger partial charge is 0.270 e. The molecule has 5 nitrogen and oxygen atoms in total. The molecular formula is C12H16IN3O2. The molecule has 0 bridgehead atoms. The summed E-state index contributed by atoms with van der Waals surface area (Å²) in [6.07, 6.45) is 4.49. The van der Waals surface area contributed by atoms with Crippen LogP contribution in [0.5, 0.6) is 0 Å². The molecule has 0 saturated heterocycles. The zero-order valence-corrected chi connectivity index (χ0v) is 12.1. The number of hydrogen-bond acceptors (Lipinski definition) is 4. The fourth-order valence-electron chi connectivity index (χ4n) is 2.27. The lowest BCUT2D eigenvalue weighted by molar-refractivity contribution is -0.384. The number of benzene rings is 1. The maximum absolute atomic E-state index is 10.7. The van der Waals surface area contributed by atoms with Gasteiger partial charge in [0.25, 0.3) is 5.69 Å². The van der Waals surface area contributed by atoms with Crippen molar-refractivity contribution in [1.82, 2.24) is 0 Å². The van der Waals surface area contributed by atoms with Gasteiger partial charge in [0.15, 0.2) is 0 Å². The van der Waals surface area contributed by atoms with E-state index in [0.717, 1.165) is 22.1 Å². The molecule has 1 aliphatic rings. The fourth-order valence-corrected chi connectivity index (χ4v) is 2.93. The molecule has 0 spiro atoms. The van der Waals surface area contributed by atoms with Gasteiger partial charge in [-0.3, -0.25) is 10.1 Å². The number of anilines is 1. The van der Waals surface area contributed by atoms with Gasteiger partial charge in [-0.05, 0) is 41.5 Å². The van der Waals surface area contributed by atoms with Crippen molar-refractivity contribution in [3.8, 4) is 0 Å². The summed E-state index contributed by atoms with van der Waals surface area (Å²) in [6, 6.07) is 5.32. The maximum Gasteiger partial charge on any atom is 0.270 e.